The number of benzene rings is 4. The standard InChI is InChI=1S/C24H18BrN/c25-22-17-10-18-23(24(22)19-11-4-1-5-12-19)26(20-13-6-2-7-14-20)21-15-8-3-9-16-21/h1-18H. The Labute approximate surface area is 162 Å². The van der Waals surface area contributed by atoms with Crippen molar-refractivity contribution in [2.24, 2.45) is 0 Å². The van der Waals surface area contributed by atoms with Gasteiger partial charge in [-0.05, 0) is 42.0 Å². The maximum atomic E-state index is 3.77. The summed E-state index contributed by atoms with van der Waals surface area (Å²) in [5.41, 5.74) is 5.78. The highest BCUT2D eigenvalue weighted by atomic mass is 79.9. The van der Waals surface area contributed by atoms with Crippen LogP contribution in [0.1, 0.15) is 0 Å². The molecule has 0 atom stereocenters. The molecule has 0 fully saturated rings. The third-order valence-corrected chi connectivity index (χ3v) is 4.98. The van der Waals surface area contributed by atoms with Crippen LogP contribution >= 0.6 is 15.9 Å². The SMILES string of the molecule is Brc1cccc(N(c2ccccc2)c2ccccc2)c1-c1ccccc1. The van der Waals surface area contributed by atoms with Gasteiger partial charge in [0.05, 0.1) is 5.69 Å². The van der Waals surface area contributed by atoms with Gasteiger partial charge in [0.1, 0.15) is 0 Å². The van der Waals surface area contributed by atoms with E-state index in [1.54, 1.807) is 0 Å². The molecule has 0 spiro atoms. The fraction of sp³-hybridized carbons (Fsp3) is 0. The summed E-state index contributed by atoms with van der Waals surface area (Å²) < 4.78 is 1.08. The Kier molecular flexibility index (Phi) is 4.85. The van der Waals surface area contributed by atoms with Gasteiger partial charge in [-0.15, -0.1) is 0 Å². The molecule has 0 heterocycles. The van der Waals surface area contributed by atoms with Crippen LogP contribution < -0.4 is 4.90 Å². The van der Waals surface area contributed by atoms with Crippen LogP contribution in [0.2, 0.25) is 0 Å². The van der Waals surface area contributed by atoms with Gasteiger partial charge in [0.2, 0.25) is 0 Å². The lowest BCUT2D eigenvalue weighted by molar-refractivity contribution is 1.28. The Morgan fingerprint density at radius 3 is 1.54 bits per heavy atom. The third kappa shape index (κ3) is 3.29. The average Bonchev–Trinajstić information content (AvgIpc) is 2.71. The summed E-state index contributed by atoms with van der Waals surface area (Å²) in [6.07, 6.45) is 0. The maximum absolute atomic E-state index is 3.77. The van der Waals surface area contributed by atoms with Gasteiger partial charge < -0.3 is 4.90 Å². The van der Waals surface area contributed by atoms with Gasteiger partial charge >= 0.3 is 0 Å². The minimum absolute atomic E-state index is 1.08. The molecule has 0 unspecified atom stereocenters. The second-order valence-electron chi connectivity index (χ2n) is 6.01. The summed E-state index contributed by atoms with van der Waals surface area (Å²) >= 11 is 3.77. The van der Waals surface area contributed by atoms with Gasteiger partial charge in [-0.25, -0.2) is 0 Å². The van der Waals surface area contributed by atoms with E-state index in [0.29, 0.717) is 0 Å². The van der Waals surface area contributed by atoms with Gasteiger partial charge in [0.25, 0.3) is 0 Å². The monoisotopic (exact) mass is 399 g/mol. The van der Waals surface area contributed by atoms with Crippen molar-refractivity contribution in [1.29, 1.82) is 0 Å². The lowest BCUT2D eigenvalue weighted by Crippen LogP contribution is -2.11. The minimum Gasteiger partial charge on any atom is -0.310 e. The Morgan fingerprint density at radius 2 is 1.00 bits per heavy atom. The zero-order valence-corrected chi connectivity index (χ0v) is 15.8. The number of rotatable bonds is 4. The molecule has 1 nitrogen and oxygen atoms in total. The molecule has 0 aromatic heterocycles. The molecule has 0 N–H and O–H groups in total. The average molecular weight is 400 g/mol. The van der Waals surface area contributed by atoms with Crippen LogP contribution in [-0.2, 0) is 0 Å². The number of anilines is 3. The first kappa shape index (κ1) is 16.6. The van der Waals surface area contributed by atoms with E-state index < -0.39 is 0 Å². The first-order valence-electron chi connectivity index (χ1n) is 8.59. The topological polar surface area (TPSA) is 3.24 Å². The van der Waals surface area contributed by atoms with Crippen molar-refractivity contribution >= 4 is 33.0 Å². The van der Waals surface area contributed by atoms with Gasteiger partial charge in [-0.1, -0.05) is 88.7 Å². The first-order chi connectivity index (χ1) is 12.8. The quantitative estimate of drug-likeness (QED) is 0.341. The molecule has 0 aliphatic heterocycles. The smallest absolute Gasteiger partial charge is 0.0551 e. The summed E-state index contributed by atoms with van der Waals surface area (Å²) in [5.74, 6) is 0. The van der Waals surface area contributed by atoms with Gasteiger partial charge in [-0.3, -0.25) is 0 Å². The fourth-order valence-corrected chi connectivity index (χ4v) is 3.76. The van der Waals surface area contributed by atoms with Crippen molar-refractivity contribution in [3.8, 4) is 11.1 Å². The van der Waals surface area contributed by atoms with Crippen LogP contribution in [0.3, 0.4) is 0 Å². The van der Waals surface area contributed by atoms with E-state index in [0.717, 1.165) is 21.5 Å². The molecule has 0 saturated carbocycles. The molecule has 126 valence electrons. The van der Waals surface area contributed by atoms with Crippen molar-refractivity contribution < 1.29 is 0 Å². The van der Waals surface area contributed by atoms with Crippen LogP contribution in [0.15, 0.2) is 114 Å². The molecule has 4 rings (SSSR count). The number of para-hydroxylation sites is 2. The molecule has 0 saturated heterocycles. The van der Waals surface area contributed by atoms with Gasteiger partial charge in [-0.2, -0.15) is 0 Å². The van der Waals surface area contributed by atoms with Crippen molar-refractivity contribution in [2.75, 3.05) is 4.90 Å². The highest BCUT2D eigenvalue weighted by molar-refractivity contribution is 9.10. The number of halogens is 1. The molecular formula is C24H18BrN. The Morgan fingerprint density at radius 1 is 0.500 bits per heavy atom. The molecule has 26 heavy (non-hydrogen) atoms. The van der Waals surface area contributed by atoms with Gasteiger partial charge in [0.15, 0.2) is 0 Å². The van der Waals surface area contributed by atoms with Gasteiger partial charge in [0, 0.05) is 21.4 Å². The van der Waals surface area contributed by atoms with Crippen molar-refractivity contribution in [1.82, 2.24) is 0 Å². The molecule has 4 aromatic rings. The highest BCUT2D eigenvalue weighted by Gasteiger charge is 2.18. The van der Waals surface area contributed by atoms with E-state index in [1.807, 2.05) is 18.2 Å². The Hall–Kier alpha value is -2.84. The Balaban J connectivity index is 1.97. The molecule has 0 aliphatic carbocycles. The van der Waals surface area contributed by atoms with Crippen LogP contribution in [0, 0.1) is 0 Å². The van der Waals surface area contributed by atoms with E-state index in [9.17, 15) is 0 Å². The molecule has 0 radical (unpaired) electrons. The molecule has 0 bridgehead atoms. The maximum Gasteiger partial charge on any atom is 0.0551 e. The molecule has 4 aromatic carbocycles. The molecule has 0 aliphatic rings. The zero-order chi connectivity index (χ0) is 17.8. The predicted molar refractivity (Wildman–Crippen MR) is 114 cm³/mol. The number of nitrogens with zero attached hydrogens (tertiary/aromatic N) is 1. The summed E-state index contributed by atoms with van der Waals surface area (Å²) in [5, 5.41) is 0. The predicted octanol–water partition coefficient (Wildman–Crippen LogP) is 7.59. The van der Waals surface area contributed by atoms with E-state index in [1.165, 1.54) is 11.1 Å². The first-order valence-corrected chi connectivity index (χ1v) is 9.38. The summed E-state index contributed by atoms with van der Waals surface area (Å²) in [7, 11) is 0. The normalized spacial score (nSPS) is 10.5. The van der Waals surface area contributed by atoms with E-state index in [4.69, 9.17) is 0 Å². The van der Waals surface area contributed by atoms with Crippen molar-refractivity contribution in [3.05, 3.63) is 114 Å². The van der Waals surface area contributed by atoms with E-state index in [-0.39, 0.29) is 0 Å². The largest absolute Gasteiger partial charge is 0.310 e. The highest BCUT2D eigenvalue weighted by Crippen LogP contribution is 2.43. The summed E-state index contributed by atoms with van der Waals surface area (Å²) in [6.45, 7) is 0. The lowest BCUT2D eigenvalue weighted by Gasteiger charge is -2.28. The van der Waals surface area contributed by atoms with E-state index >= 15 is 0 Å². The minimum atomic E-state index is 1.08. The summed E-state index contributed by atoms with van der Waals surface area (Å²) in [6, 6.07) is 37.8. The van der Waals surface area contributed by atoms with Crippen molar-refractivity contribution in [2.45, 2.75) is 0 Å². The molecule has 2 heteroatoms. The van der Waals surface area contributed by atoms with Crippen LogP contribution in [0.25, 0.3) is 11.1 Å². The third-order valence-electron chi connectivity index (χ3n) is 4.32. The van der Waals surface area contributed by atoms with Crippen LogP contribution in [-0.4, -0.2) is 0 Å². The molecular weight excluding hydrogens is 382 g/mol. The second kappa shape index (κ2) is 7.59. The second-order valence-corrected chi connectivity index (χ2v) is 6.86. The lowest BCUT2D eigenvalue weighted by atomic mass is 10.0. The fourth-order valence-electron chi connectivity index (χ4n) is 3.17. The molecule has 0 amide bonds. The number of hydrogen-bond acceptors (Lipinski definition) is 1. The zero-order valence-electron chi connectivity index (χ0n) is 14.2. The summed E-state index contributed by atoms with van der Waals surface area (Å²) in [4.78, 5) is 2.30. The van der Waals surface area contributed by atoms with Crippen LogP contribution in [0.4, 0.5) is 17.1 Å². The van der Waals surface area contributed by atoms with Crippen molar-refractivity contribution in [3.63, 3.8) is 0 Å². The Bertz CT molecular complexity index is 943. The number of hydrogen-bond donors (Lipinski definition) is 0. The van der Waals surface area contributed by atoms with Crippen LogP contribution in [0.5, 0.6) is 0 Å². The van der Waals surface area contributed by atoms with E-state index in [2.05, 4.69) is 112 Å².